The molecule has 4 rings (SSSR count). The zero-order valence-electron chi connectivity index (χ0n) is 12.8. The SMILES string of the molecule is c1ccc(-c2cc(-c3ccccc3)o/c(=N/n3cnnc3)c2)cc1. The lowest BCUT2D eigenvalue weighted by Crippen LogP contribution is -2.05. The molecule has 2 aromatic carbocycles. The zero-order valence-corrected chi connectivity index (χ0v) is 12.8. The van der Waals surface area contributed by atoms with Crippen LogP contribution in [0.5, 0.6) is 0 Å². The molecule has 0 fully saturated rings. The topological polar surface area (TPSA) is 56.2 Å². The summed E-state index contributed by atoms with van der Waals surface area (Å²) in [6.45, 7) is 0. The molecule has 116 valence electrons. The van der Waals surface area contributed by atoms with Crippen LogP contribution in [0, 0.1) is 0 Å². The molecule has 5 heteroatoms. The highest BCUT2D eigenvalue weighted by atomic mass is 16.3. The molecule has 2 heterocycles. The molecule has 4 aromatic rings. The first kappa shape index (κ1) is 14.1. The predicted molar refractivity (Wildman–Crippen MR) is 90.6 cm³/mol. The second-order valence-electron chi connectivity index (χ2n) is 5.22. The van der Waals surface area contributed by atoms with E-state index in [2.05, 4.69) is 27.4 Å². The van der Waals surface area contributed by atoms with Gasteiger partial charge in [-0.15, -0.1) is 15.3 Å². The Balaban J connectivity index is 1.91. The van der Waals surface area contributed by atoms with Gasteiger partial charge in [-0.1, -0.05) is 60.7 Å². The molecule has 24 heavy (non-hydrogen) atoms. The Labute approximate surface area is 138 Å². The standard InChI is InChI=1S/C19H14N4O/c1-3-7-15(8-4-1)17-11-18(16-9-5-2-6-10-16)24-19(12-17)22-23-13-20-21-14-23/h1-14H/b22-19+. The zero-order chi connectivity index (χ0) is 16.2. The Morgan fingerprint density at radius 1 is 0.708 bits per heavy atom. The van der Waals surface area contributed by atoms with Gasteiger partial charge in [0.25, 0.3) is 0 Å². The molecule has 0 bridgehead atoms. The minimum absolute atomic E-state index is 0.481. The Hall–Kier alpha value is -3.47. The summed E-state index contributed by atoms with van der Waals surface area (Å²) in [7, 11) is 0. The number of rotatable bonds is 3. The summed E-state index contributed by atoms with van der Waals surface area (Å²) in [4.78, 5) is 0. The van der Waals surface area contributed by atoms with Crippen LogP contribution in [0.2, 0.25) is 0 Å². The summed E-state index contributed by atoms with van der Waals surface area (Å²) >= 11 is 0. The van der Waals surface area contributed by atoms with Crippen LogP contribution < -0.4 is 5.55 Å². The Bertz CT molecular complexity index is 930. The van der Waals surface area contributed by atoms with Gasteiger partial charge >= 0.3 is 0 Å². The average molecular weight is 314 g/mol. The molecule has 0 aliphatic heterocycles. The van der Waals surface area contributed by atoms with Gasteiger partial charge in [0.05, 0.1) is 0 Å². The highest BCUT2D eigenvalue weighted by Gasteiger charge is 2.05. The van der Waals surface area contributed by atoms with E-state index >= 15 is 0 Å². The molecule has 0 amide bonds. The van der Waals surface area contributed by atoms with Crippen molar-refractivity contribution in [3.8, 4) is 22.5 Å². The summed E-state index contributed by atoms with van der Waals surface area (Å²) in [5, 5.41) is 11.9. The van der Waals surface area contributed by atoms with Gasteiger partial charge in [-0.05, 0) is 17.2 Å². The van der Waals surface area contributed by atoms with E-state index in [4.69, 9.17) is 4.42 Å². The largest absolute Gasteiger partial charge is 0.437 e. The lowest BCUT2D eigenvalue weighted by atomic mass is 10.0. The molecule has 0 spiro atoms. The maximum absolute atomic E-state index is 5.96. The normalized spacial score (nSPS) is 11.6. The van der Waals surface area contributed by atoms with Crippen LogP contribution in [0.25, 0.3) is 22.5 Å². The summed E-state index contributed by atoms with van der Waals surface area (Å²) in [5.74, 6) is 0.753. The Kier molecular flexibility index (Phi) is 3.73. The van der Waals surface area contributed by atoms with Gasteiger partial charge in [0.15, 0.2) is 0 Å². The number of nitrogens with zero attached hydrogens (tertiary/aromatic N) is 4. The molecule has 0 unspecified atom stereocenters. The summed E-state index contributed by atoms with van der Waals surface area (Å²) in [6, 6.07) is 24.0. The molecule has 2 aromatic heterocycles. The minimum Gasteiger partial charge on any atom is -0.437 e. The fourth-order valence-corrected chi connectivity index (χ4v) is 2.44. The third-order valence-electron chi connectivity index (χ3n) is 3.57. The summed E-state index contributed by atoms with van der Waals surface area (Å²) in [6.07, 6.45) is 3.04. The van der Waals surface area contributed by atoms with Crippen molar-refractivity contribution in [3.05, 3.63) is 91.0 Å². The van der Waals surface area contributed by atoms with Gasteiger partial charge in [0.1, 0.15) is 18.4 Å². The van der Waals surface area contributed by atoms with Crippen molar-refractivity contribution in [1.29, 1.82) is 0 Å². The molecule has 0 radical (unpaired) electrons. The Morgan fingerprint density at radius 2 is 1.33 bits per heavy atom. The summed E-state index contributed by atoms with van der Waals surface area (Å²) < 4.78 is 7.47. The molecule has 0 saturated carbocycles. The maximum atomic E-state index is 5.96. The third kappa shape index (κ3) is 3.01. The van der Waals surface area contributed by atoms with E-state index in [1.165, 1.54) is 17.3 Å². The quantitative estimate of drug-likeness (QED) is 0.581. The average Bonchev–Trinajstić information content (AvgIpc) is 3.16. The Morgan fingerprint density at radius 3 is 2.00 bits per heavy atom. The van der Waals surface area contributed by atoms with Crippen molar-refractivity contribution < 1.29 is 4.42 Å². The summed E-state index contributed by atoms with van der Waals surface area (Å²) in [5.41, 5.74) is 3.61. The van der Waals surface area contributed by atoms with E-state index in [9.17, 15) is 0 Å². The first-order chi connectivity index (χ1) is 11.9. The molecule has 0 aliphatic carbocycles. The number of aromatic nitrogens is 3. The van der Waals surface area contributed by atoms with Gasteiger partial charge < -0.3 is 4.42 Å². The third-order valence-corrected chi connectivity index (χ3v) is 3.57. The minimum atomic E-state index is 0.481. The molecule has 0 saturated heterocycles. The van der Waals surface area contributed by atoms with Gasteiger partial charge in [0.2, 0.25) is 5.55 Å². The molecule has 0 N–H and O–H groups in total. The highest BCUT2D eigenvalue weighted by Crippen LogP contribution is 2.24. The molecule has 5 nitrogen and oxygen atoms in total. The van der Waals surface area contributed by atoms with Crippen LogP contribution in [-0.4, -0.2) is 14.9 Å². The lowest BCUT2D eigenvalue weighted by Gasteiger charge is -2.06. The van der Waals surface area contributed by atoms with E-state index in [1.807, 2.05) is 60.7 Å². The molecular formula is C19H14N4O. The predicted octanol–water partition coefficient (Wildman–Crippen LogP) is 3.57. The van der Waals surface area contributed by atoms with Crippen molar-refractivity contribution >= 4 is 0 Å². The van der Waals surface area contributed by atoms with E-state index in [0.717, 1.165) is 22.5 Å². The number of hydrogen-bond donors (Lipinski definition) is 0. The van der Waals surface area contributed by atoms with Crippen LogP contribution in [0.1, 0.15) is 0 Å². The van der Waals surface area contributed by atoms with Crippen molar-refractivity contribution in [2.45, 2.75) is 0 Å². The van der Waals surface area contributed by atoms with Gasteiger partial charge in [0, 0.05) is 11.6 Å². The highest BCUT2D eigenvalue weighted by molar-refractivity contribution is 5.68. The van der Waals surface area contributed by atoms with Gasteiger partial charge in [-0.3, -0.25) is 0 Å². The smallest absolute Gasteiger partial charge is 0.237 e. The second-order valence-corrected chi connectivity index (χ2v) is 5.22. The monoisotopic (exact) mass is 314 g/mol. The van der Waals surface area contributed by atoms with Crippen LogP contribution in [0.15, 0.2) is 95.0 Å². The van der Waals surface area contributed by atoms with E-state index in [0.29, 0.717) is 5.55 Å². The van der Waals surface area contributed by atoms with Crippen LogP contribution >= 0.6 is 0 Å². The maximum Gasteiger partial charge on any atom is 0.237 e. The number of hydrogen-bond acceptors (Lipinski definition) is 4. The van der Waals surface area contributed by atoms with Crippen molar-refractivity contribution in [1.82, 2.24) is 14.9 Å². The molecular weight excluding hydrogens is 300 g/mol. The van der Waals surface area contributed by atoms with Crippen molar-refractivity contribution in [2.75, 3.05) is 0 Å². The van der Waals surface area contributed by atoms with Crippen LogP contribution in [0.4, 0.5) is 0 Å². The van der Waals surface area contributed by atoms with Crippen molar-refractivity contribution in [2.24, 2.45) is 5.10 Å². The molecule has 0 aliphatic rings. The number of benzene rings is 2. The fraction of sp³-hybridized carbons (Fsp3) is 0. The first-order valence-corrected chi connectivity index (χ1v) is 7.54. The van der Waals surface area contributed by atoms with Crippen LogP contribution in [-0.2, 0) is 0 Å². The molecule has 0 atom stereocenters. The van der Waals surface area contributed by atoms with Crippen molar-refractivity contribution in [3.63, 3.8) is 0 Å². The van der Waals surface area contributed by atoms with Crippen LogP contribution in [0.3, 0.4) is 0 Å². The fourth-order valence-electron chi connectivity index (χ4n) is 2.44. The lowest BCUT2D eigenvalue weighted by molar-refractivity contribution is 0.494. The van der Waals surface area contributed by atoms with E-state index in [-0.39, 0.29) is 0 Å². The van der Waals surface area contributed by atoms with E-state index < -0.39 is 0 Å². The second kappa shape index (κ2) is 6.34. The van der Waals surface area contributed by atoms with Gasteiger partial charge in [-0.2, -0.15) is 0 Å². The van der Waals surface area contributed by atoms with Gasteiger partial charge in [-0.25, -0.2) is 4.68 Å². The first-order valence-electron chi connectivity index (χ1n) is 7.54. The van der Waals surface area contributed by atoms with E-state index in [1.54, 1.807) is 0 Å².